The molecule has 0 aliphatic carbocycles. The first kappa shape index (κ1) is 21.6. The highest BCUT2D eigenvalue weighted by molar-refractivity contribution is 7.99. The zero-order valence-corrected chi connectivity index (χ0v) is 17.5. The summed E-state index contributed by atoms with van der Waals surface area (Å²) in [6.45, 7) is 2.45. The number of alkyl halides is 3. The topological polar surface area (TPSA) is 42.0 Å². The van der Waals surface area contributed by atoms with Crippen molar-refractivity contribution in [3.8, 4) is 0 Å². The molecule has 2 aromatic heterocycles. The Kier molecular flexibility index (Phi) is 7.18. The van der Waals surface area contributed by atoms with Crippen LogP contribution in [-0.2, 0) is 12.7 Å². The molecule has 0 saturated carbocycles. The number of amides is 1. The Bertz CT molecular complexity index is 972. The quantitative estimate of drug-likeness (QED) is 0.321. The highest BCUT2D eigenvalue weighted by Gasteiger charge is 2.33. The summed E-state index contributed by atoms with van der Waals surface area (Å²) in [5.74, 6) is 0.370. The number of pyridine rings is 1. The second-order valence-electron chi connectivity index (χ2n) is 6.53. The van der Waals surface area contributed by atoms with Crippen LogP contribution >= 0.6 is 23.1 Å². The molecule has 0 unspecified atom stereocenters. The fourth-order valence-corrected chi connectivity index (χ4v) is 4.53. The number of para-hydroxylation sites is 1. The van der Waals surface area contributed by atoms with Gasteiger partial charge in [0.1, 0.15) is 5.03 Å². The zero-order chi connectivity index (χ0) is 20.9. The third-order valence-electron chi connectivity index (χ3n) is 4.35. The van der Waals surface area contributed by atoms with E-state index in [0.717, 1.165) is 30.2 Å². The second-order valence-corrected chi connectivity index (χ2v) is 8.65. The lowest BCUT2D eigenvalue weighted by atomic mass is 10.1. The molecular formula is C21H21F3N2OS2. The fourth-order valence-electron chi connectivity index (χ4n) is 2.88. The first-order valence-electron chi connectivity index (χ1n) is 9.34. The summed E-state index contributed by atoms with van der Waals surface area (Å²) in [5, 5.41) is 5.42. The van der Waals surface area contributed by atoms with Crippen molar-refractivity contribution >= 4 is 39.9 Å². The minimum absolute atomic E-state index is 0.118. The molecular weight excluding hydrogens is 417 g/mol. The van der Waals surface area contributed by atoms with Crippen LogP contribution in [0.2, 0.25) is 0 Å². The summed E-state index contributed by atoms with van der Waals surface area (Å²) in [4.78, 5) is 18.1. The molecule has 3 nitrogen and oxygen atoms in total. The SMILES string of the molecule is CCCCCSc1nc2c(C(F)(F)F)cccc2cc1C(=O)NCc1cccs1. The minimum atomic E-state index is -4.50. The van der Waals surface area contributed by atoms with Crippen molar-refractivity contribution in [1.29, 1.82) is 0 Å². The molecule has 1 amide bonds. The Morgan fingerprint density at radius 3 is 2.72 bits per heavy atom. The molecule has 8 heteroatoms. The Morgan fingerprint density at radius 1 is 1.21 bits per heavy atom. The van der Waals surface area contributed by atoms with Crippen LogP contribution in [0.15, 0.2) is 46.8 Å². The molecule has 1 aromatic carbocycles. The maximum Gasteiger partial charge on any atom is 0.418 e. The molecule has 0 aliphatic heterocycles. The number of thioether (sulfide) groups is 1. The van der Waals surface area contributed by atoms with Gasteiger partial charge in [0.25, 0.3) is 5.91 Å². The molecule has 0 atom stereocenters. The normalized spacial score (nSPS) is 11.7. The van der Waals surface area contributed by atoms with E-state index < -0.39 is 11.7 Å². The van der Waals surface area contributed by atoms with Crippen LogP contribution in [0.1, 0.15) is 47.0 Å². The number of nitrogens with one attached hydrogen (secondary N) is 1. The first-order valence-corrected chi connectivity index (χ1v) is 11.2. The van der Waals surface area contributed by atoms with Crippen molar-refractivity contribution in [3.63, 3.8) is 0 Å². The number of carbonyl (C=O) groups excluding carboxylic acids is 1. The van der Waals surface area contributed by atoms with Crippen molar-refractivity contribution in [2.75, 3.05) is 5.75 Å². The molecule has 1 N–H and O–H groups in total. The highest BCUT2D eigenvalue weighted by Crippen LogP contribution is 2.36. The van der Waals surface area contributed by atoms with Crippen LogP contribution in [0.5, 0.6) is 0 Å². The molecule has 0 saturated heterocycles. The van der Waals surface area contributed by atoms with Crippen molar-refractivity contribution in [1.82, 2.24) is 10.3 Å². The number of unbranched alkanes of at least 4 members (excludes halogenated alkanes) is 2. The zero-order valence-electron chi connectivity index (χ0n) is 15.9. The summed E-state index contributed by atoms with van der Waals surface area (Å²) >= 11 is 2.87. The predicted molar refractivity (Wildman–Crippen MR) is 112 cm³/mol. The fraction of sp³-hybridized carbons (Fsp3) is 0.333. The van der Waals surface area contributed by atoms with E-state index >= 15 is 0 Å². The van der Waals surface area contributed by atoms with E-state index in [1.54, 1.807) is 6.07 Å². The van der Waals surface area contributed by atoms with E-state index in [4.69, 9.17) is 0 Å². The van der Waals surface area contributed by atoms with Gasteiger partial charge in [-0.1, -0.05) is 38.0 Å². The second kappa shape index (κ2) is 9.63. The number of rotatable bonds is 8. The highest BCUT2D eigenvalue weighted by atomic mass is 32.2. The lowest BCUT2D eigenvalue weighted by molar-refractivity contribution is -0.136. The number of thiophene rings is 1. The van der Waals surface area contributed by atoms with Gasteiger partial charge in [-0.15, -0.1) is 23.1 Å². The number of benzene rings is 1. The van der Waals surface area contributed by atoms with E-state index in [-0.39, 0.29) is 11.4 Å². The van der Waals surface area contributed by atoms with Gasteiger partial charge in [-0.05, 0) is 35.8 Å². The molecule has 0 radical (unpaired) electrons. The van der Waals surface area contributed by atoms with Crippen molar-refractivity contribution in [2.45, 2.75) is 43.9 Å². The Balaban J connectivity index is 1.95. The van der Waals surface area contributed by atoms with Crippen LogP contribution in [0.25, 0.3) is 10.9 Å². The van der Waals surface area contributed by atoms with E-state index in [1.807, 2.05) is 17.5 Å². The summed E-state index contributed by atoms with van der Waals surface area (Å²) < 4.78 is 40.2. The number of carbonyl (C=O) groups is 1. The number of aromatic nitrogens is 1. The molecule has 29 heavy (non-hydrogen) atoms. The van der Waals surface area contributed by atoms with Gasteiger partial charge in [0.2, 0.25) is 0 Å². The smallest absolute Gasteiger partial charge is 0.347 e. The minimum Gasteiger partial charge on any atom is -0.347 e. The number of hydrogen-bond donors (Lipinski definition) is 1. The Labute approximate surface area is 175 Å². The number of halogens is 3. The lowest BCUT2D eigenvalue weighted by Crippen LogP contribution is -2.23. The molecule has 3 rings (SSSR count). The van der Waals surface area contributed by atoms with E-state index in [0.29, 0.717) is 28.3 Å². The average Bonchev–Trinajstić information content (AvgIpc) is 3.21. The third-order valence-corrected chi connectivity index (χ3v) is 6.30. The average molecular weight is 439 g/mol. The van der Waals surface area contributed by atoms with Crippen molar-refractivity contribution in [2.24, 2.45) is 0 Å². The maximum absolute atomic E-state index is 13.4. The number of hydrogen-bond acceptors (Lipinski definition) is 4. The summed E-state index contributed by atoms with van der Waals surface area (Å²) in [6, 6.07) is 9.26. The Hall–Kier alpha value is -2.06. The van der Waals surface area contributed by atoms with Crippen LogP contribution < -0.4 is 5.32 Å². The molecule has 0 fully saturated rings. The summed E-state index contributed by atoms with van der Waals surface area (Å²) in [5.41, 5.74) is -0.585. The van der Waals surface area contributed by atoms with Gasteiger partial charge in [0.05, 0.1) is 23.2 Å². The van der Waals surface area contributed by atoms with Gasteiger partial charge in [-0.3, -0.25) is 4.79 Å². The predicted octanol–water partition coefficient (Wildman–Crippen LogP) is 6.53. The molecule has 0 spiro atoms. The maximum atomic E-state index is 13.4. The van der Waals surface area contributed by atoms with Crippen LogP contribution in [0.4, 0.5) is 13.2 Å². The van der Waals surface area contributed by atoms with Gasteiger partial charge < -0.3 is 5.32 Å². The van der Waals surface area contributed by atoms with Crippen LogP contribution in [0, 0.1) is 0 Å². The molecule has 0 bridgehead atoms. The number of fused-ring (bicyclic) bond motifs is 1. The van der Waals surface area contributed by atoms with Gasteiger partial charge in [0, 0.05) is 10.3 Å². The lowest BCUT2D eigenvalue weighted by Gasteiger charge is -2.14. The van der Waals surface area contributed by atoms with Crippen LogP contribution in [0.3, 0.4) is 0 Å². The van der Waals surface area contributed by atoms with E-state index in [1.165, 1.54) is 35.2 Å². The summed E-state index contributed by atoms with van der Waals surface area (Å²) in [6.07, 6.45) is -1.52. The van der Waals surface area contributed by atoms with Gasteiger partial charge in [0.15, 0.2) is 0 Å². The molecule has 154 valence electrons. The Morgan fingerprint density at radius 2 is 2.03 bits per heavy atom. The standard InChI is InChI=1S/C21H21F3N2OS2/c1-2-3-4-10-29-20-16(19(27)25-13-15-8-6-11-28-15)12-14-7-5-9-17(18(14)26-20)21(22,23)24/h5-9,11-12H,2-4,10,13H2,1H3,(H,25,27). The van der Waals surface area contributed by atoms with Gasteiger partial charge in [-0.25, -0.2) is 4.98 Å². The molecule has 2 heterocycles. The van der Waals surface area contributed by atoms with Gasteiger partial charge in [-0.2, -0.15) is 13.2 Å². The number of nitrogens with zero attached hydrogens (tertiary/aromatic N) is 1. The van der Waals surface area contributed by atoms with Crippen molar-refractivity contribution < 1.29 is 18.0 Å². The molecule has 0 aliphatic rings. The third kappa shape index (κ3) is 5.51. The van der Waals surface area contributed by atoms with E-state index in [2.05, 4.69) is 17.2 Å². The van der Waals surface area contributed by atoms with Crippen molar-refractivity contribution in [3.05, 3.63) is 57.8 Å². The first-order chi connectivity index (χ1) is 13.9. The largest absolute Gasteiger partial charge is 0.418 e. The summed E-state index contributed by atoms with van der Waals surface area (Å²) in [7, 11) is 0. The van der Waals surface area contributed by atoms with E-state index in [9.17, 15) is 18.0 Å². The monoisotopic (exact) mass is 438 g/mol. The van der Waals surface area contributed by atoms with Crippen LogP contribution in [-0.4, -0.2) is 16.6 Å². The van der Waals surface area contributed by atoms with Gasteiger partial charge >= 0.3 is 6.18 Å². The molecule has 3 aromatic rings.